The van der Waals surface area contributed by atoms with Crippen molar-refractivity contribution < 1.29 is 4.43 Å². The Morgan fingerprint density at radius 3 is 2.47 bits per heavy atom. The Labute approximate surface area is 117 Å². The monoisotopic (exact) mass is 272 g/mol. The first-order chi connectivity index (χ1) is 9.12. The number of unbranched alkanes of at least 4 members (excludes halogenated alkanes) is 1. The van der Waals surface area contributed by atoms with Crippen molar-refractivity contribution in [1.29, 1.82) is 0 Å². The summed E-state index contributed by atoms with van der Waals surface area (Å²) in [5, 5.41) is 2.76. The van der Waals surface area contributed by atoms with E-state index < -0.39 is 8.32 Å². The first-order valence-corrected chi connectivity index (χ1v) is 10.3. The van der Waals surface area contributed by atoms with Gasteiger partial charge in [0.25, 0.3) is 0 Å². The Balaban J connectivity index is 1.95. The van der Waals surface area contributed by atoms with Crippen LogP contribution in [0.4, 0.5) is 0 Å². The van der Waals surface area contributed by atoms with Gasteiger partial charge in [-0.25, -0.2) is 0 Å². The molecular formula is C17H24OSi. The fourth-order valence-electron chi connectivity index (χ4n) is 2.48. The summed E-state index contributed by atoms with van der Waals surface area (Å²) in [6, 6.07) is 16.6. The van der Waals surface area contributed by atoms with Crippen LogP contribution in [0.2, 0.25) is 19.1 Å². The second-order valence-corrected chi connectivity index (χ2v) is 10.2. The lowest BCUT2D eigenvalue weighted by Gasteiger charge is -2.19. The van der Waals surface area contributed by atoms with Gasteiger partial charge in [0.1, 0.15) is 0 Å². The summed E-state index contributed by atoms with van der Waals surface area (Å²) in [6.45, 7) is 4.59. The summed E-state index contributed by atoms with van der Waals surface area (Å²) in [5.41, 5.74) is 1.48. The van der Waals surface area contributed by atoms with Crippen LogP contribution in [-0.2, 0) is 10.8 Å². The van der Waals surface area contributed by atoms with Crippen molar-refractivity contribution >= 4 is 19.1 Å². The first kappa shape index (κ1) is 14.3. The summed E-state index contributed by atoms with van der Waals surface area (Å²) in [7, 11) is 0.489. The number of hydrogen-bond acceptors (Lipinski definition) is 1. The van der Waals surface area contributed by atoms with Crippen LogP contribution in [0, 0.1) is 0 Å². The van der Waals surface area contributed by atoms with Crippen molar-refractivity contribution in [2.75, 3.05) is 7.11 Å². The van der Waals surface area contributed by atoms with Crippen LogP contribution in [0.1, 0.15) is 18.4 Å². The highest BCUT2D eigenvalue weighted by molar-refractivity contribution is 6.71. The van der Waals surface area contributed by atoms with Gasteiger partial charge in [-0.3, -0.25) is 0 Å². The van der Waals surface area contributed by atoms with Gasteiger partial charge in [-0.1, -0.05) is 48.9 Å². The minimum atomic E-state index is -1.37. The standard InChI is InChI=1S/C17H24OSi/c1-18-19(2,3)14-7-6-10-16-12-8-11-15-9-4-5-13-17(15)16/h4-5,8-9,11-13H,6-7,10,14H2,1-3H3. The van der Waals surface area contributed by atoms with E-state index in [1.54, 1.807) is 0 Å². The smallest absolute Gasteiger partial charge is 0.186 e. The van der Waals surface area contributed by atoms with Crippen molar-refractivity contribution in [2.24, 2.45) is 0 Å². The Kier molecular flexibility index (Phi) is 4.78. The van der Waals surface area contributed by atoms with E-state index in [0.29, 0.717) is 0 Å². The number of aryl methyl sites for hydroxylation is 1. The Bertz CT molecular complexity index is 528. The van der Waals surface area contributed by atoms with Crippen LogP contribution in [0.25, 0.3) is 10.8 Å². The summed E-state index contributed by atoms with van der Waals surface area (Å²) in [6.07, 6.45) is 3.71. The summed E-state index contributed by atoms with van der Waals surface area (Å²) < 4.78 is 5.60. The zero-order valence-corrected chi connectivity index (χ0v) is 13.3. The van der Waals surface area contributed by atoms with Gasteiger partial charge in [0.15, 0.2) is 8.32 Å². The molecule has 0 heterocycles. The molecule has 2 heteroatoms. The third-order valence-electron chi connectivity index (χ3n) is 3.91. The third kappa shape index (κ3) is 3.92. The number of rotatable bonds is 6. The lowest BCUT2D eigenvalue weighted by Crippen LogP contribution is -2.27. The topological polar surface area (TPSA) is 9.23 Å². The normalized spacial score (nSPS) is 11.9. The van der Waals surface area contributed by atoms with Crippen LogP contribution < -0.4 is 0 Å². The van der Waals surface area contributed by atoms with Gasteiger partial charge in [0.05, 0.1) is 0 Å². The molecule has 19 heavy (non-hydrogen) atoms. The van der Waals surface area contributed by atoms with E-state index in [2.05, 4.69) is 55.6 Å². The molecule has 0 saturated heterocycles. The summed E-state index contributed by atoms with van der Waals surface area (Å²) >= 11 is 0. The lowest BCUT2D eigenvalue weighted by molar-refractivity contribution is 0.401. The van der Waals surface area contributed by atoms with E-state index >= 15 is 0 Å². The molecular weight excluding hydrogens is 248 g/mol. The van der Waals surface area contributed by atoms with Gasteiger partial charge >= 0.3 is 0 Å². The highest BCUT2D eigenvalue weighted by atomic mass is 28.4. The fourth-order valence-corrected chi connectivity index (χ4v) is 3.78. The molecule has 0 aliphatic heterocycles. The van der Waals surface area contributed by atoms with E-state index in [1.807, 2.05) is 7.11 Å². The van der Waals surface area contributed by atoms with Gasteiger partial charge in [-0.15, -0.1) is 0 Å². The predicted molar refractivity (Wildman–Crippen MR) is 86.2 cm³/mol. The number of hydrogen-bond donors (Lipinski definition) is 0. The predicted octanol–water partition coefficient (Wildman–Crippen LogP) is 5.01. The highest BCUT2D eigenvalue weighted by Gasteiger charge is 2.19. The molecule has 1 nitrogen and oxygen atoms in total. The van der Waals surface area contributed by atoms with Gasteiger partial charge < -0.3 is 4.43 Å². The average molecular weight is 272 g/mol. The van der Waals surface area contributed by atoms with Gasteiger partial charge in [0, 0.05) is 7.11 Å². The molecule has 2 rings (SSSR count). The average Bonchev–Trinajstić information content (AvgIpc) is 2.44. The molecule has 0 fully saturated rings. The van der Waals surface area contributed by atoms with Crippen molar-refractivity contribution in [2.45, 2.75) is 38.4 Å². The molecule has 0 amide bonds. The van der Waals surface area contributed by atoms with Crippen molar-refractivity contribution in [3.8, 4) is 0 Å². The Morgan fingerprint density at radius 2 is 1.68 bits per heavy atom. The quantitative estimate of drug-likeness (QED) is 0.530. The molecule has 0 saturated carbocycles. The van der Waals surface area contributed by atoms with E-state index in [-0.39, 0.29) is 0 Å². The molecule has 2 aromatic carbocycles. The minimum Gasteiger partial charge on any atom is -0.420 e. The fraction of sp³-hybridized carbons (Fsp3) is 0.412. The molecule has 2 aromatic rings. The summed E-state index contributed by atoms with van der Waals surface area (Å²) in [4.78, 5) is 0. The Hall–Kier alpha value is -1.12. The molecule has 102 valence electrons. The van der Waals surface area contributed by atoms with E-state index in [1.165, 1.54) is 41.6 Å². The zero-order chi connectivity index (χ0) is 13.7. The molecule has 0 atom stereocenters. The van der Waals surface area contributed by atoms with E-state index in [0.717, 1.165) is 0 Å². The van der Waals surface area contributed by atoms with Crippen LogP contribution in [0.5, 0.6) is 0 Å². The molecule has 0 N–H and O–H groups in total. The molecule has 0 spiro atoms. The third-order valence-corrected chi connectivity index (χ3v) is 6.57. The highest BCUT2D eigenvalue weighted by Crippen LogP contribution is 2.21. The van der Waals surface area contributed by atoms with E-state index in [4.69, 9.17) is 4.43 Å². The first-order valence-electron chi connectivity index (χ1n) is 7.14. The van der Waals surface area contributed by atoms with Crippen LogP contribution in [-0.4, -0.2) is 15.4 Å². The van der Waals surface area contributed by atoms with Gasteiger partial charge in [0.2, 0.25) is 0 Å². The lowest BCUT2D eigenvalue weighted by atomic mass is 10.0. The molecule has 0 radical (unpaired) electrons. The maximum absolute atomic E-state index is 5.60. The summed E-state index contributed by atoms with van der Waals surface area (Å²) in [5.74, 6) is 0. The Morgan fingerprint density at radius 1 is 0.947 bits per heavy atom. The largest absolute Gasteiger partial charge is 0.420 e. The maximum atomic E-state index is 5.60. The molecule has 0 unspecified atom stereocenters. The van der Waals surface area contributed by atoms with E-state index in [9.17, 15) is 0 Å². The van der Waals surface area contributed by atoms with Crippen molar-refractivity contribution in [3.63, 3.8) is 0 Å². The molecule has 0 aliphatic carbocycles. The van der Waals surface area contributed by atoms with Crippen LogP contribution in [0.15, 0.2) is 42.5 Å². The van der Waals surface area contributed by atoms with Crippen molar-refractivity contribution in [3.05, 3.63) is 48.0 Å². The van der Waals surface area contributed by atoms with Gasteiger partial charge in [-0.05, 0) is 48.3 Å². The number of benzene rings is 2. The molecule has 0 aromatic heterocycles. The van der Waals surface area contributed by atoms with Gasteiger partial charge in [-0.2, -0.15) is 0 Å². The maximum Gasteiger partial charge on any atom is 0.186 e. The molecule has 0 aliphatic rings. The minimum absolute atomic E-state index is 1.18. The SMILES string of the molecule is CO[Si](C)(C)CCCCc1cccc2ccccc12. The second-order valence-electron chi connectivity index (χ2n) is 5.81. The van der Waals surface area contributed by atoms with Crippen molar-refractivity contribution in [1.82, 2.24) is 0 Å². The second kappa shape index (κ2) is 6.35. The zero-order valence-electron chi connectivity index (χ0n) is 12.3. The van der Waals surface area contributed by atoms with Crippen LogP contribution in [0.3, 0.4) is 0 Å². The molecule has 0 bridgehead atoms. The number of fused-ring (bicyclic) bond motifs is 1. The van der Waals surface area contributed by atoms with Crippen LogP contribution >= 0.6 is 0 Å².